The maximum Gasteiger partial charge on any atom is 0.252 e. The normalized spacial score (nSPS) is 13.5. The number of nitrogens with two attached hydrogens (primary N) is 1. The summed E-state index contributed by atoms with van der Waals surface area (Å²) in [6, 6.07) is 19.2. The number of carbonyl (C=O) groups excluding carboxylic acids is 1. The van der Waals surface area contributed by atoms with E-state index < -0.39 is 28.1 Å². The van der Waals surface area contributed by atoms with E-state index in [9.17, 15) is 23.4 Å². The lowest BCUT2D eigenvalue weighted by Gasteiger charge is -2.31. The lowest BCUT2D eigenvalue weighted by Crippen LogP contribution is -2.51. The van der Waals surface area contributed by atoms with Gasteiger partial charge in [-0.1, -0.05) is 56.3 Å². The van der Waals surface area contributed by atoms with Gasteiger partial charge < -0.3 is 21.3 Å². The SMILES string of the molecule is Cc1c(O)cccc1C(=O)N[C@@H](Cc1ccccc1)[C@H](O)CN(CC(C)C)S(=O)(=O)c1cccc(N)c1. The van der Waals surface area contributed by atoms with Crippen LogP contribution in [0.3, 0.4) is 0 Å². The van der Waals surface area contributed by atoms with Crippen molar-refractivity contribution in [2.45, 2.75) is 44.2 Å². The molecule has 5 N–H and O–H groups in total. The highest BCUT2D eigenvalue weighted by molar-refractivity contribution is 7.89. The van der Waals surface area contributed by atoms with Crippen molar-refractivity contribution in [2.24, 2.45) is 5.92 Å². The number of anilines is 1. The second-order valence-corrected chi connectivity index (χ2v) is 11.5. The van der Waals surface area contributed by atoms with Gasteiger partial charge in [-0.25, -0.2) is 8.42 Å². The molecular formula is C28H35N3O5S. The number of phenols is 1. The molecule has 0 radical (unpaired) electrons. The van der Waals surface area contributed by atoms with Crippen molar-refractivity contribution >= 4 is 21.6 Å². The van der Waals surface area contributed by atoms with E-state index >= 15 is 0 Å². The number of aliphatic hydroxyl groups is 1. The first-order valence-electron chi connectivity index (χ1n) is 12.2. The lowest BCUT2D eigenvalue weighted by atomic mass is 9.99. The van der Waals surface area contributed by atoms with Crippen molar-refractivity contribution in [3.63, 3.8) is 0 Å². The molecule has 9 heteroatoms. The minimum absolute atomic E-state index is 0.0101. The zero-order chi connectivity index (χ0) is 27.2. The summed E-state index contributed by atoms with van der Waals surface area (Å²) < 4.78 is 28.2. The van der Waals surface area contributed by atoms with Gasteiger partial charge in [0.1, 0.15) is 5.75 Å². The molecule has 1 amide bonds. The quantitative estimate of drug-likeness (QED) is 0.284. The van der Waals surface area contributed by atoms with Gasteiger partial charge in [0.25, 0.3) is 5.91 Å². The fourth-order valence-electron chi connectivity index (χ4n) is 4.10. The Morgan fingerprint density at radius 3 is 2.32 bits per heavy atom. The molecule has 0 saturated carbocycles. The van der Waals surface area contributed by atoms with Crippen LogP contribution in [0.25, 0.3) is 0 Å². The molecule has 0 unspecified atom stereocenters. The number of phenolic OH excluding ortho intramolecular Hbond substituents is 1. The van der Waals surface area contributed by atoms with E-state index in [2.05, 4.69) is 5.32 Å². The van der Waals surface area contributed by atoms with Gasteiger partial charge >= 0.3 is 0 Å². The Bertz CT molecular complexity index is 1310. The van der Waals surface area contributed by atoms with Crippen LogP contribution < -0.4 is 11.1 Å². The molecule has 3 aromatic rings. The number of hydrogen-bond donors (Lipinski definition) is 4. The van der Waals surface area contributed by atoms with Crippen molar-refractivity contribution < 1.29 is 23.4 Å². The van der Waals surface area contributed by atoms with Crippen molar-refractivity contribution in [2.75, 3.05) is 18.8 Å². The average molecular weight is 526 g/mol. The molecule has 0 fully saturated rings. The van der Waals surface area contributed by atoms with Gasteiger partial charge in [0.2, 0.25) is 10.0 Å². The molecule has 198 valence electrons. The number of rotatable bonds is 11. The van der Waals surface area contributed by atoms with Crippen LogP contribution in [0.5, 0.6) is 5.75 Å². The van der Waals surface area contributed by atoms with Gasteiger partial charge in [-0.3, -0.25) is 4.79 Å². The molecule has 8 nitrogen and oxygen atoms in total. The Labute approximate surface area is 218 Å². The van der Waals surface area contributed by atoms with Gasteiger partial charge in [-0.15, -0.1) is 0 Å². The van der Waals surface area contributed by atoms with Gasteiger partial charge in [-0.05, 0) is 55.2 Å². The molecule has 0 aromatic heterocycles. The highest BCUT2D eigenvalue weighted by atomic mass is 32.2. The summed E-state index contributed by atoms with van der Waals surface area (Å²) in [5.41, 5.74) is 7.71. The van der Waals surface area contributed by atoms with Gasteiger partial charge in [0.05, 0.1) is 17.0 Å². The van der Waals surface area contributed by atoms with E-state index in [1.165, 1.54) is 22.5 Å². The fourth-order valence-corrected chi connectivity index (χ4v) is 5.78. The maximum absolute atomic E-state index is 13.5. The molecule has 0 aliphatic heterocycles. The standard InChI is InChI=1S/C28H35N3O5S/c1-19(2)17-31(37(35,36)23-12-7-11-22(29)16-23)18-27(33)25(15-21-9-5-4-6-10-21)30-28(34)24-13-8-14-26(32)20(24)3/h4-14,16,19,25,27,32-33H,15,17-18,29H2,1-3H3,(H,30,34)/t25-,27+/m0/s1. The smallest absolute Gasteiger partial charge is 0.252 e. The average Bonchev–Trinajstić information content (AvgIpc) is 2.85. The molecule has 3 rings (SSSR count). The monoisotopic (exact) mass is 525 g/mol. The maximum atomic E-state index is 13.5. The molecule has 2 atom stereocenters. The Morgan fingerprint density at radius 1 is 1.00 bits per heavy atom. The highest BCUT2D eigenvalue weighted by Crippen LogP contribution is 2.22. The summed E-state index contributed by atoms with van der Waals surface area (Å²) in [4.78, 5) is 13.2. The summed E-state index contributed by atoms with van der Waals surface area (Å²) in [6.45, 7) is 5.36. The number of aliphatic hydroxyl groups excluding tert-OH is 1. The first-order chi connectivity index (χ1) is 17.5. The number of nitrogens with zero attached hydrogens (tertiary/aromatic N) is 1. The van der Waals surface area contributed by atoms with Crippen LogP contribution in [-0.4, -0.2) is 54.1 Å². The van der Waals surface area contributed by atoms with Crippen LogP contribution in [-0.2, 0) is 16.4 Å². The minimum Gasteiger partial charge on any atom is -0.508 e. The summed E-state index contributed by atoms with van der Waals surface area (Å²) in [6.07, 6.45) is -0.948. The predicted molar refractivity (Wildman–Crippen MR) is 145 cm³/mol. The third-order valence-corrected chi connectivity index (χ3v) is 7.91. The van der Waals surface area contributed by atoms with Crippen molar-refractivity contribution in [1.29, 1.82) is 0 Å². The third-order valence-electron chi connectivity index (χ3n) is 6.08. The van der Waals surface area contributed by atoms with Crippen LogP contribution in [0.1, 0.15) is 35.3 Å². The van der Waals surface area contributed by atoms with E-state index in [0.29, 0.717) is 11.3 Å². The summed E-state index contributed by atoms with van der Waals surface area (Å²) in [5, 5.41) is 24.2. The summed E-state index contributed by atoms with van der Waals surface area (Å²) in [5.74, 6) is -0.494. The molecule has 0 spiro atoms. The fraction of sp³-hybridized carbons (Fsp3) is 0.321. The lowest BCUT2D eigenvalue weighted by molar-refractivity contribution is 0.0775. The number of nitrogens with one attached hydrogen (secondary N) is 1. The summed E-state index contributed by atoms with van der Waals surface area (Å²) >= 11 is 0. The van der Waals surface area contributed by atoms with Gasteiger partial charge in [-0.2, -0.15) is 4.31 Å². The van der Waals surface area contributed by atoms with E-state index in [0.717, 1.165) is 5.56 Å². The Kier molecular flexibility index (Phi) is 9.31. The number of aromatic hydroxyl groups is 1. The van der Waals surface area contributed by atoms with Crippen LogP contribution in [0.4, 0.5) is 5.69 Å². The number of carbonyl (C=O) groups is 1. The first-order valence-corrected chi connectivity index (χ1v) is 13.6. The van der Waals surface area contributed by atoms with E-state index in [1.807, 2.05) is 44.2 Å². The first kappa shape index (κ1) is 28.2. The van der Waals surface area contributed by atoms with Crippen LogP contribution in [0.2, 0.25) is 0 Å². The molecule has 3 aromatic carbocycles. The van der Waals surface area contributed by atoms with Crippen molar-refractivity contribution in [1.82, 2.24) is 9.62 Å². The van der Waals surface area contributed by atoms with Crippen LogP contribution >= 0.6 is 0 Å². The Morgan fingerprint density at radius 2 is 1.68 bits per heavy atom. The van der Waals surface area contributed by atoms with E-state index in [4.69, 9.17) is 5.73 Å². The topological polar surface area (TPSA) is 133 Å². The minimum atomic E-state index is -3.97. The highest BCUT2D eigenvalue weighted by Gasteiger charge is 2.31. The molecular weight excluding hydrogens is 490 g/mol. The molecule has 37 heavy (non-hydrogen) atoms. The second kappa shape index (κ2) is 12.2. The molecule has 0 saturated heterocycles. The largest absolute Gasteiger partial charge is 0.508 e. The Balaban J connectivity index is 1.92. The van der Waals surface area contributed by atoms with Crippen molar-refractivity contribution in [3.05, 3.63) is 89.5 Å². The number of sulfonamides is 1. The molecule has 0 heterocycles. The van der Waals surface area contributed by atoms with Crippen molar-refractivity contribution in [3.8, 4) is 5.75 Å². The zero-order valence-corrected chi connectivity index (χ0v) is 22.2. The molecule has 0 aliphatic rings. The predicted octanol–water partition coefficient (Wildman–Crippen LogP) is 3.33. The molecule has 0 bridgehead atoms. The number of amides is 1. The number of benzene rings is 3. The second-order valence-electron chi connectivity index (χ2n) is 9.58. The summed E-state index contributed by atoms with van der Waals surface area (Å²) in [7, 11) is -3.97. The van der Waals surface area contributed by atoms with E-state index in [1.54, 1.807) is 31.2 Å². The van der Waals surface area contributed by atoms with Crippen LogP contribution in [0, 0.1) is 12.8 Å². The molecule has 0 aliphatic carbocycles. The van der Waals surface area contributed by atoms with Gasteiger partial charge in [0, 0.05) is 29.9 Å². The van der Waals surface area contributed by atoms with Gasteiger partial charge in [0.15, 0.2) is 0 Å². The third kappa shape index (κ3) is 7.31. The zero-order valence-electron chi connectivity index (χ0n) is 21.3. The Hall–Kier alpha value is -3.40. The van der Waals surface area contributed by atoms with Crippen LogP contribution in [0.15, 0.2) is 77.7 Å². The van der Waals surface area contributed by atoms with E-state index in [-0.39, 0.29) is 41.6 Å². The number of nitrogen functional groups attached to an aromatic ring is 1. The number of hydrogen-bond acceptors (Lipinski definition) is 6.